The number of hydrogen-bond acceptors (Lipinski definition) is 7. The molecule has 1 aliphatic rings. The van der Waals surface area contributed by atoms with Gasteiger partial charge in [-0.15, -0.1) is 11.8 Å². The Morgan fingerprint density at radius 2 is 1.02 bits per heavy atom. The molecule has 0 bridgehead atoms. The highest BCUT2D eigenvalue weighted by atomic mass is 32.2. The fourth-order valence-corrected chi connectivity index (χ4v) is 8.86. The van der Waals surface area contributed by atoms with E-state index < -0.39 is 64.9 Å². The molecule has 1 saturated heterocycles. The summed E-state index contributed by atoms with van der Waals surface area (Å²) >= 11 is 1.47. The lowest BCUT2D eigenvalue weighted by Gasteiger charge is -2.36. The van der Waals surface area contributed by atoms with Crippen LogP contribution in [0.4, 0.5) is 0 Å². The maximum absolute atomic E-state index is 14.7. The second-order valence-electron chi connectivity index (χ2n) is 14.7. The van der Waals surface area contributed by atoms with Gasteiger partial charge in [0.1, 0.15) is 12.1 Å². The van der Waals surface area contributed by atoms with Gasteiger partial charge in [0.05, 0.1) is 23.9 Å². The molecule has 1 heterocycles. The fraction of sp³-hybridized carbons (Fsp3) is 0.348. The van der Waals surface area contributed by atoms with Crippen molar-refractivity contribution in [3.8, 4) is 0 Å². The molecule has 5 rings (SSSR count). The number of Topliss-reactive ketones (excluding diaryl/α,β-unsaturated/α-hetero) is 1. The first-order chi connectivity index (χ1) is 28.0. The molecule has 3 N–H and O–H groups in total. The van der Waals surface area contributed by atoms with Crippen molar-refractivity contribution >= 4 is 47.1 Å². The van der Waals surface area contributed by atoms with E-state index in [2.05, 4.69) is 16.0 Å². The van der Waals surface area contributed by atoms with Gasteiger partial charge in [-0.1, -0.05) is 135 Å². The van der Waals surface area contributed by atoms with E-state index >= 15 is 0 Å². The summed E-state index contributed by atoms with van der Waals surface area (Å²) in [5, 5.41) is 8.57. The summed E-state index contributed by atoms with van der Waals surface area (Å²) in [7, 11) is 2.94. The number of hydrogen-bond donors (Lipinski definition) is 3. The maximum atomic E-state index is 14.7. The smallest absolute Gasteiger partial charge is 0.245 e. The molecule has 11 nitrogen and oxygen atoms in total. The predicted molar refractivity (Wildman–Crippen MR) is 227 cm³/mol. The summed E-state index contributed by atoms with van der Waals surface area (Å²) in [5.41, 5.74) is 3.67. The third-order valence-corrected chi connectivity index (χ3v) is 12.1. The average Bonchev–Trinajstić information content (AvgIpc) is 3.24. The number of nitrogens with one attached hydrogen (secondary N) is 3. The third kappa shape index (κ3) is 10.8. The first kappa shape index (κ1) is 43.4. The second kappa shape index (κ2) is 20.6. The number of amides is 5. The zero-order chi connectivity index (χ0) is 41.7. The van der Waals surface area contributed by atoms with E-state index in [9.17, 15) is 28.8 Å². The number of rotatable bonds is 10. The van der Waals surface area contributed by atoms with Crippen LogP contribution in [0.2, 0.25) is 0 Å². The summed E-state index contributed by atoms with van der Waals surface area (Å²) in [6.07, 6.45) is 0.537. The van der Waals surface area contributed by atoms with Gasteiger partial charge in [-0.2, -0.15) is 0 Å². The lowest BCUT2D eigenvalue weighted by atomic mass is 9.84. The molecule has 4 atom stereocenters. The van der Waals surface area contributed by atoms with Crippen LogP contribution in [0.15, 0.2) is 121 Å². The van der Waals surface area contributed by atoms with Gasteiger partial charge < -0.3 is 25.8 Å². The van der Waals surface area contributed by atoms with Gasteiger partial charge in [-0.25, -0.2) is 0 Å². The Labute approximate surface area is 345 Å². The minimum absolute atomic E-state index is 0.0642. The molecule has 58 heavy (non-hydrogen) atoms. The summed E-state index contributed by atoms with van der Waals surface area (Å²) in [5.74, 6) is -3.65. The highest BCUT2D eigenvalue weighted by Gasteiger charge is 2.40. The van der Waals surface area contributed by atoms with E-state index in [1.165, 1.54) is 35.7 Å². The number of nitrogens with zero attached hydrogens (tertiary/aromatic N) is 2. The molecule has 0 radical (unpaired) electrons. The molecule has 0 saturated carbocycles. The molecule has 4 aromatic rings. The molecule has 1 fully saturated rings. The van der Waals surface area contributed by atoms with Crippen LogP contribution in [0.3, 0.4) is 0 Å². The van der Waals surface area contributed by atoms with Gasteiger partial charge in [0.25, 0.3) is 0 Å². The number of benzene rings is 4. The highest BCUT2D eigenvalue weighted by Crippen LogP contribution is 2.48. The normalized spacial score (nSPS) is 20.8. The molecule has 304 valence electrons. The number of ketones is 1. The Morgan fingerprint density at radius 3 is 1.48 bits per heavy atom. The van der Waals surface area contributed by atoms with E-state index in [1.54, 1.807) is 13.8 Å². The topological polar surface area (TPSA) is 145 Å². The Bertz CT molecular complexity index is 1920. The molecule has 1 unspecified atom stereocenters. The van der Waals surface area contributed by atoms with Crippen LogP contribution in [0, 0.1) is 5.92 Å². The Balaban J connectivity index is 1.57. The summed E-state index contributed by atoms with van der Waals surface area (Å²) in [6, 6.07) is 36.0. The quantitative estimate of drug-likeness (QED) is 0.197. The number of carbonyl (C=O) groups excluding carboxylic acids is 6. The van der Waals surface area contributed by atoms with Gasteiger partial charge >= 0.3 is 0 Å². The van der Waals surface area contributed by atoms with E-state index in [0.29, 0.717) is 6.42 Å². The monoisotopic (exact) mass is 803 g/mol. The van der Waals surface area contributed by atoms with Crippen molar-refractivity contribution < 1.29 is 28.8 Å². The van der Waals surface area contributed by atoms with Crippen LogP contribution >= 0.6 is 11.8 Å². The van der Waals surface area contributed by atoms with E-state index in [0.717, 1.165) is 22.3 Å². The minimum atomic E-state index is -1.17. The van der Waals surface area contributed by atoms with Gasteiger partial charge in [0.15, 0.2) is 5.78 Å². The Kier molecular flexibility index (Phi) is 15.4. The largest absolute Gasteiger partial charge is 0.344 e. The second-order valence-corrected chi connectivity index (χ2v) is 15.9. The SMILES string of the molecule is CC[C@@H]1CC(=O)C(Cc2ccccc2)NC(=O)[C@H](CSC(c2ccccc2)(c2ccccc2)c2ccccc2)NC(=O)CN(C)C(=O)[C@H](CC)NC(=O)CN(C)C1=O. The summed E-state index contributed by atoms with van der Waals surface area (Å²) in [4.78, 5) is 85.6. The van der Waals surface area contributed by atoms with Gasteiger partial charge in [0, 0.05) is 32.2 Å². The van der Waals surface area contributed by atoms with Crippen molar-refractivity contribution in [1.82, 2.24) is 25.8 Å². The average molecular weight is 804 g/mol. The van der Waals surface area contributed by atoms with E-state index in [4.69, 9.17) is 0 Å². The molecular formula is C46H53N5O6S. The standard InChI is InChI=1S/C46H53N5O6S/c1-5-33-28-40(52)38(27-32-19-11-7-12-20-32)49-43(55)39(48-42(54)30-51(4)45(57)37(6-2)47-41(53)29-50(3)44(33)56)31-58-46(34-21-13-8-14-22-34,35-23-15-9-16-24-35)36-25-17-10-18-26-36/h7-26,33,37-39H,5-6,27-31H2,1-4H3,(H,47,53)(H,48,54)(H,49,55)/t33-,37+,38?,39+/m1/s1. The molecule has 4 aromatic carbocycles. The molecule has 5 amide bonds. The van der Waals surface area contributed by atoms with Crippen LogP contribution < -0.4 is 16.0 Å². The number of thioether (sulfide) groups is 1. The van der Waals surface area contributed by atoms with Gasteiger partial charge in [0.2, 0.25) is 29.5 Å². The van der Waals surface area contributed by atoms with Crippen LogP contribution in [0.25, 0.3) is 0 Å². The molecule has 0 aliphatic carbocycles. The number of carbonyl (C=O) groups is 6. The molecule has 0 spiro atoms. The predicted octanol–water partition coefficient (Wildman–Crippen LogP) is 4.73. The lowest BCUT2D eigenvalue weighted by Crippen LogP contribution is -2.56. The first-order valence-electron chi connectivity index (χ1n) is 19.7. The van der Waals surface area contributed by atoms with Crippen LogP contribution in [-0.2, 0) is 39.9 Å². The van der Waals surface area contributed by atoms with Crippen molar-refractivity contribution in [3.05, 3.63) is 144 Å². The van der Waals surface area contributed by atoms with Crippen LogP contribution in [0.5, 0.6) is 0 Å². The van der Waals surface area contributed by atoms with Gasteiger partial charge in [-0.05, 0) is 41.5 Å². The Morgan fingerprint density at radius 1 is 0.569 bits per heavy atom. The minimum Gasteiger partial charge on any atom is -0.344 e. The highest BCUT2D eigenvalue weighted by molar-refractivity contribution is 8.00. The fourth-order valence-electron chi connectivity index (χ4n) is 7.30. The molecular weight excluding hydrogens is 751 g/mol. The zero-order valence-electron chi connectivity index (χ0n) is 33.6. The van der Waals surface area contributed by atoms with Crippen molar-refractivity contribution in [2.24, 2.45) is 5.92 Å². The third-order valence-electron chi connectivity index (χ3n) is 10.5. The van der Waals surface area contributed by atoms with Crippen molar-refractivity contribution in [1.29, 1.82) is 0 Å². The number of likely N-dealkylation sites (N-methyl/N-ethyl adjacent to an activating group) is 2. The molecule has 0 aromatic heterocycles. The first-order valence-corrected chi connectivity index (χ1v) is 20.7. The maximum Gasteiger partial charge on any atom is 0.245 e. The van der Waals surface area contributed by atoms with Crippen molar-refractivity contribution in [2.75, 3.05) is 32.9 Å². The lowest BCUT2D eigenvalue weighted by molar-refractivity contribution is -0.142. The summed E-state index contributed by atoms with van der Waals surface area (Å²) in [6.45, 7) is 2.81. The van der Waals surface area contributed by atoms with Crippen LogP contribution in [-0.4, -0.2) is 96.2 Å². The molecule has 12 heteroatoms. The summed E-state index contributed by atoms with van der Waals surface area (Å²) < 4.78 is -0.833. The van der Waals surface area contributed by atoms with Crippen molar-refractivity contribution in [2.45, 2.75) is 62.4 Å². The zero-order valence-corrected chi connectivity index (χ0v) is 34.4. The Hall–Kier alpha value is -5.75. The van der Waals surface area contributed by atoms with Crippen LogP contribution in [0.1, 0.15) is 55.4 Å². The van der Waals surface area contributed by atoms with E-state index in [1.807, 2.05) is 121 Å². The van der Waals surface area contributed by atoms with E-state index in [-0.39, 0.29) is 37.3 Å². The van der Waals surface area contributed by atoms with Crippen molar-refractivity contribution in [3.63, 3.8) is 0 Å². The molecule has 1 aliphatic heterocycles. The van der Waals surface area contributed by atoms with Gasteiger partial charge in [-0.3, -0.25) is 28.8 Å².